The van der Waals surface area contributed by atoms with Gasteiger partial charge in [-0.2, -0.15) is 5.26 Å². The van der Waals surface area contributed by atoms with Gasteiger partial charge in [0.05, 0.1) is 30.8 Å². The molecular weight excluding hydrogens is 438 g/mol. The van der Waals surface area contributed by atoms with Gasteiger partial charge in [0.1, 0.15) is 11.6 Å². The van der Waals surface area contributed by atoms with E-state index in [1.807, 2.05) is 71.8 Å². The van der Waals surface area contributed by atoms with Gasteiger partial charge in [-0.15, -0.1) is 0 Å². The van der Waals surface area contributed by atoms with Gasteiger partial charge < -0.3 is 19.4 Å². The van der Waals surface area contributed by atoms with E-state index in [9.17, 15) is 4.79 Å². The van der Waals surface area contributed by atoms with Crippen LogP contribution in [0.5, 0.6) is 5.75 Å². The lowest BCUT2D eigenvalue weighted by molar-refractivity contribution is 0.191. The zero-order chi connectivity index (χ0) is 24.2. The molecule has 1 saturated heterocycles. The average molecular weight is 466 g/mol. The zero-order valence-electron chi connectivity index (χ0n) is 19.6. The summed E-state index contributed by atoms with van der Waals surface area (Å²) < 4.78 is 7.57. The van der Waals surface area contributed by atoms with Gasteiger partial charge in [0.15, 0.2) is 0 Å². The number of amides is 2. The number of methoxy groups -OCH3 is 1. The Morgan fingerprint density at radius 2 is 2.03 bits per heavy atom. The number of hydrogen-bond acceptors (Lipinski definition) is 4. The molecule has 2 amide bonds. The Balaban J connectivity index is 1.38. The largest absolute Gasteiger partial charge is 0.497 e. The van der Waals surface area contributed by atoms with Gasteiger partial charge in [-0.3, -0.25) is 0 Å². The molecule has 7 heteroatoms. The van der Waals surface area contributed by atoms with Gasteiger partial charge in [0.2, 0.25) is 0 Å². The van der Waals surface area contributed by atoms with Crippen LogP contribution in [0.3, 0.4) is 0 Å². The van der Waals surface area contributed by atoms with E-state index in [0.717, 1.165) is 52.4 Å². The van der Waals surface area contributed by atoms with E-state index < -0.39 is 0 Å². The Hall–Kier alpha value is -4.31. The van der Waals surface area contributed by atoms with E-state index in [-0.39, 0.29) is 11.9 Å². The highest BCUT2D eigenvalue weighted by Crippen LogP contribution is 2.33. The van der Waals surface area contributed by atoms with Crippen molar-refractivity contribution in [3.63, 3.8) is 0 Å². The lowest BCUT2D eigenvalue weighted by atomic mass is 9.97. The van der Waals surface area contributed by atoms with Gasteiger partial charge in [-0.1, -0.05) is 30.3 Å². The number of hydrogen-bond donors (Lipinski definition) is 1. The molecule has 3 heterocycles. The number of nitriles is 1. The number of aromatic nitrogens is 2. The molecule has 2 aromatic carbocycles. The number of likely N-dealkylation sites (tertiary alicyclic amines) is 1. The standard InChI is InChI=1S/C28H27N5O2/c1-35-24-8-4-6-21(18-24)26-25-9-2-3-17-33(25)27(31-26)22-7-5-16-32(19-22)28(34)30-23-12-10-20(11-13-23)14-15-29/h2-4,6,8-13,17-18,22H,5,7,14,16,19H2,1H3,(H,30,34)/t22-/m1/s1. The molecule has 0 spiro atoms. The second-order valence-electron chi connectivity index (χ2n) is 8.75. The minimum atomic E-state index is -0.114. The van der Waals surface area contributed by atoms with Gasteiger partial charge in [0, 0.05) is 36.5 Å². The third-order valence-electron chi connectivity index (χ3n) is 6.48. The molecule has 0 aliphatic carbocycles. The fourth-order valence-electron chi connectivity index (χ4n) is 4.70. The number of piperidine rings is 1. The van der Waals surface area contributed by atoms with Crippen molar-refractivity contribution in [2.75, 3.05) is 25.5 Å². The molecule has 0 unspecified atom stereocenters. The number of benzene rings is 2. The molecule has 2 aromatic heterocycles. The number of imidazole rings is 1. The lowest BCUT2D eigenvalue weighted by Gasteiger charge is -2.32. The number of nitrogens with zero attached hydrogens (tertiary/aromatic N) is 4. The van der Waals surface area contributed by atoms with Crippen LogP contribution >= 0.6 is 0 Å². The molecule has 4 aromatic rings. The Labute approximate surface area is 204 Å². The van der Waals surface area contributed by atoms with E-state index in [0.29, 0.717) is 19.5 Å². The molecule has 176 valence electrons. The summed E-state index contributed by atoms with van der Waals surface area (Å²) in [5, 5.41) is 11.8. The number of pyridine rings is 1. The van der Waals surface area contributed by atoms with Crippen LogP contribution in [0.4, 0.5) is 10.5 Å². The van der Waals surface area contributed by atoms with Crippen LogP contribution in [0, 0.1) is 11.3 Å². The van der Waals surface area contributed by atoms with Crippen LogP contribution in [0.1, 0.15) is 30.1 Å². The predicted molar refractivity (Wildman–Crippen MR) is 136 cm³/mol. The molecule has 1 atom stereocenters. The summed E-state index contributed by atoms with van der Waals surface area (Å²) in [5.74, 6) is 1.89. The van der Waals surface area contributed by atoms with Crippen LogP contribution in [0.15, 0.2) is 72.9 Å². The van der Waals surface area contributed by atoms with Gasteiger partial charge in [-0.05, 0) is 54.8 Å². The van der Waals surface area contributed by atoms with Crippen molar-refractivity contribution < 1.29 is 9.53 Å². The topological polar surface area (TPSA) is 82.7 Å². The summed E-state index contributed by atoms with van der Waals surface area (Å²) in [6, 6.07) is 23.5. The van der Waals surface area contributed by atoms with E-state index in [2.05, 4.69) is 21.9 Å². The Morgan fingerprint density at radius 1 is 1.17 bits per heavy atom. The summed E-state index contributed by atoms with van der Waals surface area (Å²) in [7, 11) is 1.66. The van der Waals surface area contributed by atoms with Crippen molar-refractivity contribution in [1.82, 2.24) is 14.3 Å². The van der Waals surface area contributed by atoms with Gasteiger partial charge in [0.25, 0.3) is 0 Å². The SMILES string of the molecule is COc1cccc(-c2nc([C@@H]3CCCN(C(=O)Nc4ccc(CC#N)cc4)C3)n3ccccc23)c1. The number of carbonyl (C=O) groups is 1. The molecule has 7 nitrogen and oxygen atoms in total. The number of nitrogens with one attached hydrogen (secondary N) is 1. The van der Waals surface area contributed by atoms with Crippen LogP contribution in [0.25, 0.3) is 16.8 Å². The molecule has 1 N–H and O–H groups in total. The normalized spacial score (nSPS) is 15.5. The third kappa shape index (κ3) is 4.69. The van der Waals surface area contributed by atoms with E-state index >= 15 is 0 Å². The number of urea groups is 1. The summed E-state index contributed by atoms with van der Waals surface area (Å²) in [4.78, 5) is 20.0. The van der Waals surface area contributed by atoms with Crippen molar-refractivity contribution in [2.45, 2.75) is 25.2 Å². The Kier molecular flexibility index (Phi) is 6.36. The first kappa shape index (κ1) is 22.5. The number of carbonyl (C=O) groups excluding carboxylic acids is 1. The smallest absolute Gasteiger partial charge is 0.321 e. The van der Waals surface area contributed by atoms with E-state index in [4.69, 9.17) is 15.0 Å². The predicted octanol–water partition coefficient (Wildman–Crippen LogP) is 5.49. The minimum absolute atomic E-state index is 0.114. The van der Waals surface area contributed by atoms with Crippen molar-refractivity contribution in [2.24, 2.45) is 0 Å². The molecule has 1 aliphatic heterocycles. The van der Waals surface area contributed by atoms with Crippen LogP contribution in [-0.4, -0.2) is 40.5 Å². The number of ether oxygens (including phenoxy) is 1. The monoisotopic (exact) mass is 465 g/mol. The van der Waals surface area contributed by atoms with E-state index in [1.165, 1.54) is 0 Å². The van der Waals surface area contributed by atoms with Crippen molar-refractivity contribution in [3.05, 3.63) is 84.3 Å². The maximum Gasteiger partial charge on any atom is 0.321 e. The number of anilines is 1. The van der Waals surface area contributed by atoms with Crippen LogP contribution in [-0.2, 0) is 6.42 Å². The lowest BCUT2D eigenvalue weighted by Crippen LogP contribution is -2.42. The molecule has 5 rings (SSSR count). The zero-order valence-corrected chi connectivity index (χ0v) is 19.6. The van der Waals surface area contributed by atoms with Crippen LogP contribution < -0.4 is 10.1 Å². The van der Waals surface area contributed by atoms with E-state index in [1.54, 1.807) is 7.11 Å². The van der Waals surface area contributed by atoms with Gasteiger partial charge in [-0.25, -0.2) is 9.78 Å². The minimum Gasteiger partial charge on any atom is -0.497 e. The fraction of sp³-hybridized carbons (Fsp3) is 0.250. The first-order valence-electron chi connectivity index (χ1n) is 11.8. The third-order valence-corrected chi connectivity index (χ3v) is 6.48. The second-order valence-corrected chi connectivity index (χ2v) is 8.75. The Bertz CT molecular complexity index is 1390. The number of fused-ring (bicyclic) bond motifs is 1. The number of rotatable bonds is 5. The molecular formula is C28H27N5O2. The summed E-state index contributed by atoms with van der Waals surface area (Å²) >= 11 is 0. The molecule has 35 heavy (non-hydrogen) atoms. The fourth-order valence-corrected chi connectivity index (χ4v) is 4.70. The van der Waals surface area contributed by atoms with Crippen molar-refractivity contribution in [3.8, 4) is 23.1 Å². The first-order valence-corrected chi connectivity index (χ1v) is 11.8. The molecule has 0 bridgehead atoms. The van der Waals surface area contributed by atoms with Gasteiger partial charge >= 0.3 is 6.03 Å². The van der Waals surface area contributed by atoms with Crippen molar-refractivity contribution >= 4 is 17.2 Å². The maximum absolute atomic E-state index is 13.0. The maximum atomic E-state index is 13.0. The van der Waals surface area contributed by atoms with Crippen molar-refractivity contribution in [1.29, 1.82) is 5.26 Å². The summed E-state index contributed by atoms with van der Waals surface area (Å²) in [6.07, 6.45) is 4.29. The molecule has 1 fully saturated rings. The summed E-state index contributed by atoms with van der Waals surface area (Å²) in [6.45, 7) is 1.31. The molecule has 1 aliphatic rings. The Morgan fingerprint density at radius 3 is 2.83 bits per heavy atom. The highest BCUT2D eigenvalue weighted by Gasteiger charge is 2.28. The molecule has 0 radical (unpaired) electrons. The molecule has 0 saturated carbocycles. The first-order chi connectivity index (χ1) is 17.2. The second kappa shape index (κ2) is 9.90. The summed E-state index contributed by atoms with van der Waals surface area (Å²) in [5.41, 5.74) is 4.62. The quantitative estimate of drug-likeness (QED) is 0.423. The highest BCUT2D eigenvalue weighted by atomic mass is 16.5. The average Bonchev–Trinajstić information content (AvgIpc) is 3.30. The van der Waals surface area contributed by atoms with Crippen LogP contribution in [0.2, 0.25) is 0 Å². The highest BCUT2D eigenvalue weighted by molar-refractivity contribution is 5.89.